The number of carbonyl (C=O) groups excluding carboxylic acids is 1. The highest BCUT2D eigenvalue weighted by Crippen LogP contribution is 2.14. The van der Waals surface area contributed by atoms with E-state index < -0.39 is 11.7 Å². The molecular weight excluding hydrogens is 362 g/mol. The normalized spacial score (nSPS) is 11.5. The smallest absolute Gasteiger partial charge is 0.407 e. The summed E-state index contributed by atoms with van der Waals surface area (Å²) in [5.74, 6) is 0. The topological polar surface area (TPSA) is 73.2 Å². The molecule has 0 atom stereocenters. The van der Waals surface area contributed by atoms with Crippen molar-refractivity contribution in [3.8, 4) is 0 Å². The van der Waals surface area contributed by atoms with E-state index in [4.69, 9.17) is 4.74 Å². The van der Waals surface area contributed by atoms with Gasteiger partial charge in [-0.2, -0.15) is 0 Å². The molecule has 1 heterocycles. The van der Waals surface area contributed by atoms with Crippen LogP contribution < -0.4 is 10.9 Å². The standard InChI is InChI=1S/C16H20BrN3O3/c1-16(2,3)23-15(22)18-7-4-8-20-10-19-13-6-5-11(17)9-12(13)14(20)21/h5-6,9-10H,4,7-8H2,1-3H3,(H,18,22). The Hall–Kier alpha value is -1.89. The molecule has 7 heteroatoms. The van der Waals surface area contributed by atoms with E-state index >= 15 is 0 Å². The Kier molecular flexibility index (Phi) is 5.41. The van der Waals surface area contributed by atoms with Crippen LogP contribution in [-0.2, 0) is 11.3 Å². The molecule has 0 saturated heterocycles. The van der Waals surface area contributed by atoms with Crippen molar-refractivity contribution < 1.29 is 9.53 Å². The summed E-state index contributed by atoms with van der Waals surface area (Å²) in [6.07, 6.45) is 1.69. The van der Waals surface area contributed by atoms with E-state index in [0.29, 0.717) is 30.4 Å². The molecule has 0 radical (unpaired) electrons. The number of halogens is 1. The summed E-state index contributed by atoms with van der Waals surface area (Å²) in [6, 6.07) is 5.42. The minimum absolute atomic E-state index is 0.0893. The van der Waals surface area contributed by atoms with Gasteiger partial charge in [0.05, 0.1) is 17.2 Å². The monoisotopic (exact) mass is 381 g/mol. The highest BCUT2D eigenvalue weighted by molar-refractivity contribution is 9.10. The molecule has 124 valence electrons. The first-order valence-corrected chi connectivity index (χ1v) is 8.17. The van der Waals surface area contributed by atoms with Crippen molar-refractivity contribution in [2.45, 2.75) is 39.3 Å². The number of hydrogen-bond donors (Lipinski definition) is 1. The fourth-order valence-corrected chi connectivity index (χ4v) is 2.41. The summed E-state index contributed by atoms with van der Waals surface area (Å²) in [5, 5.41) is 3.24. The van der Waals surface area contributed by atoms with Crippen LogP contribution in [0.3, 0.4) is 0 Å². The Bertz CT molecular complexity index is 765. The summed E-state index contributed by atoms with van der Waals surface area (Å²) in [5.41, 5.74) is 0.0614. The second-order valence-corrected chi connectivity index (χ2v) is 7.10. The molecule has 0 saturated carbocycles. The van der Waals surface area contributed by atoms with Gasteiger partial charge in [-0.15, -0.1) is 0 Å². The van der Waals surface area contributed by atoms with Crippen molar-refractivity contribution in [2.75, 3.05) is 6.54 Å². The van der Waals surface area contributed by atoms with Crippen LogP contribution in [0.2, 0.25) is 0 Å². The number of alkyl carbamates (subject to hydrolysis) is 1. The summed E-state index contributed by atoms with van der Waals surface area (Å²) < 4.78 is 7.54. The van der Waals surface area contributed by atoms with Crippen molar-refractivity contribution in [1.82, 2.24) is 14.9 Å². The van der Waals surface area contributed by atoms with E-state index in [2.05, 4.69) is 26.2 Å². The average Bonchev–Trinajstić information content (AvgIpc) is 2.44. The van der Waals surface area contributed by atoms with Crippen molar-refractivity contribution >= 4 is 32.9 Å². The first kappa shape index (κ1) is 17.5. The number of fused-ring (bicyclic) bond motifs is 1. The summed E-state index contributed by atoms with van der Waals surface area (Å²) in [4.78, 5) is 28.2. The molecule has 0 unspecified atom stereocenters. The van der Waals surface area contributed by atoms with Gasteiger partial charge in [0.15, 0.2) is 0 Å². The molecule has 0 fully saturated rings. The Balaban J connectivity index is 1.94. The molecule has 0 bridgehead atoms. The first-order chi connectivity index (χ1) is 10.8. The molecule has 0 aliphatic rings. The predicted octanol–water partition coefficient (Wildman–Crippen LogP) is 3.07. The maximum absolute atomic E-state index is 12.4. The number of rotatable bonds is 4. The zero-order valence-electron chi connectivity index (χ0n) is 13.4. The van der Waals surface area contributed by atoms with Gasteiger partial charge in [0.2, 0.25) is 0 Å². The van der Waals surface area contributed by atoms with E-state index in [-0.39, 0.29) is 5.56 Å². The van der Waals surface area contributed by atoms with Gasteiger partial charge in [-0.1, -0.05) is 15.9 Å². The van der Waals surface area contributed by atoms with E-state index in [0.717, 1.165) is 4.47 Å². The predicted molar refractivity (Wildman–Crippen MR) is 92.6 cm³/mol. The van der Waals surface area contributed by atoms with Gasteiger partial charge >= 0.3 is 6.09 Å². The van der Waals surface area contributed by atoms with Gasteiger partial charge in [-0.3, -0.25) is 9.36 Å². The van der Waals surface area contributed by atoms with Crippen LogP contribution >= 0.6 is 15.9 Å². The van der Waals surface area contributed by atoms with Crippen LogP contribution in [0.25, 0.3) is 10.9 Å². The number of aromatic nitrogens is 2. The summed E-state index contributed by atoms with van der Waals surface area (Å²) >= 11 is 3.36. The van der Waals surface area contributed by atoms with Crippen LogP contribution in [0.15, 0.2) is 33.8 Å². The molecule has 23 heavy (non-hydrogen) atoms. The second kappa shape index (κ2) is 7.12. The minimum Gasteiger partial charge on any atom is -0.444 e. The van der Waals surface area contributed by atoms with Gasteiger partial charge in [0.1, 0.15) is 5.60 Å². The number of nitrogens with one attached hydrogen (secondary N) is 1. The Labute approximate surface area is 143 Å². The third kappa shape index (κ3) is 5.06. The zero-order valence-corrected chi connectivity index (χ0v) is 15.0. The molecule has 2 rings (SSSR count). The lowest BCUT2D eigenvalue weighted by atomic mass is 10.2. The SMILES string of the molecule is CC(C)(C)OC(=O)NCCCn1cnc2ccc(Br)cc2c1=O. The lowest BCUT2D eigenvalue weighted by Crippen LogP contribution is -2.33. The third-order valence-corrected chi connectivity index (χ3v) is 3.52. The number of nitrogens with zero attached hydrogens (tertiary/aromatic N) is 2. The average molecular weight is 382 g/mol. The Morgan fingerprint density at radius 2 is 2.13 bits per heavy atom. The number of ether oxygens (including phenoxy) is 1. The molecule has 1 aromatic carbocycles. The van der Waals surface area contributed by atoms with Crippen LogP contribution in [0.4, 0.5) is 4.79 Å². The lowest BCUT2D eigenvalue weighted by molar-refractivity contribution is 0.0526. The highest BCUT2D eigenvalue weighted by atomic mass is 79.9. The van der Waals surface area contributed by atoms with Gasteiger partial charge in [-0.25, -0.2) is 9.78 Å². The van der Waals surface area contributed by atoms with Crippen molar-refractivity contribution in [3.05, 3.63) is 39.4 Å². The number of carbonyl (C=O) groups is 1. The Morgan fingerprint density at radius 1 is 1.39 bits per heavy atom. The molecule has 1 aromatic heterocycles. The van der Waals surface area contributed by atoms with Gasteiger partial charge < -0.3 is 10.1 Å². The van der Waals surface area contributed by atoms with Gasteiger partial charge in [0, 0.05) is 17.6 Å². The highest BCUT2D eigenvalue weighted by Gasteiger charge is 2.15. The molecular formula is C16H20BrN3O3. The van der Waals surface area contributed by atoms with Crippen LogP contribution in [-0.4, -0.2) is 27.8 Å². The van der Waals surface area contributed by atoms with E-state index in [1.807, 2.05) is 26.8 Å². The molecule has 0 spiro atoms. The molecule has 6 nitrogen and oxygen atoms in total. The molecule has 1 N–H and O–H groups in total. The number of aryl methyl sites for hydroxylation is 1. The fourth-order valence-electron chi connectivity index (χ4n) is 2.04. The summed E-state index contributed by atoms with van der Waals surface area (Å²) in [6.45, 7) is 6.34. The summed E-state index contributed by atoms with van der Waals surface area (Å²) in [7, 11) is 0. The van der Waals surface area contributed by atoms with Gasteiger partial charge in [-0.05, 0) is 45.4 Å². The maximum Gasteiger partial charge on any atom is 0.407 e. The largest absolute Gasteiger partial charge is 0.444 e. The van der Waals surface area contributed by atoms with Crippen LogP contribution in [0, 0.1) is 0 Å². The number of benzene rings is 1. The van der Waals surface area contributed by atoms with E-state index in [1.165, 1.54) is 6.33 Å². The van der Waals surface area contributed by atoms with Crippen LogP contribution in [0.5, 0.6) is 0 Å². The number of hydrogen-bond acceptors (Lipinski definition) is 4. The third-order valence-electron chi connectivity index (χ3n) is 3.03. The second-order valence-electron chi connectivity index (χ2n) is 6.19. The fraction of sp³-hybridized carbons (Fsp3) is 0.438. The molecule has 0 aliphatic carbocycles. The van der Waals surface area contributed by atoms with E-state index in [1.54, 1.807) is 16.7 Å². The molecule has 2 aromatic rings. The molecule has 0 aliphatic heterocycles. The molecule has 1 amide bonds. The Morgan fingerprint density at radius 3 is 2.83 bits per heavy atom. The van der Waals surface area contributed by atoms with Crippen molar-refractivity contribution in [1.29, 1.82) is 0 Å². The minimum atomic E-state index is -0.517. The van der Waals surface area contributed by atoms with E-state index in [9.17, 15) is 9.59 Å². The van der Waals surface area contributed by atoms with Crippen LogP contribution in [0.1, 0.15) is 27.2 Å². The lowest BCUT2D eigenvalue weighted by Gasteiger charge is -2.19. The first-order valence-electron chi connectivity index (χ1n) is 7.38. The van der Waals surface area contributed by atoms with Gasteiger partial charge in [0.25, 0.3) is 5.56 Å². The zero-order chi connectivity index (χ0) is 17.0. The maximum atomic E-state index is 12.4. The number of amides is 1. The van der Waals surface area contributed by atoms with Crippen molar-refractivity contribution in [3.63, 3.8) is 0 Å². The quantitative estimate of drug-likeness (QED) is 0.825. The van der Waals surface area contributed by atoms with Crippen molar-refractivity contribution in [2.24, 2.45) is 0 Å².